The number of aromatic nitrogens is 2. The van der Waals surface area contributed by atoms with Gasteiger partial charge in [0.05, 0.1) is 6.61 Å². The number of halogens is 1. The van der Waals surface area contributed by atoms with Crippen LogP contribution < -0.4 is 0 Å². The molecule has 2 aromatic rings. The molecule has 4 heteroatoms. The minimum Gasteiger partial charge on any atom is -0.392 e. The molecule has 0 spiro atoms. The second-order valence-corrected chi connectivity index (χ2v) is 2.47. The number of imidazole rings is 1. The highest BCUT2D eigenvalue weighted by atomic mass is 19.1. The molecular weight excluding hydrogens is 159 g/mol. The molecule has 0 amide bonds. The maximum absolute atomic E-state index is 13.3. The van der Waals surface area contributed by atoms with Crippen LogP contribution in [0.15, 0.2) is 24.7 Å². The second kappa shape index (κ2) is 2.57. The van der Waals surface area contributed by atoms with Crippen LogP contribution in [0, 0.1) is 5.82 Å². The van der Waals surface area contributed by atoms with Crippen LogP contribution in [0.3, 0.4) is 0 Å². The molecule has 2 aromatic heterocycles. The Hall–Kier alpha value is -1.42. The number of hydrogen-bond donors (Lipinski definition) is 1. The van der Waals surface area contributed by atoms with Gasteiger partial charge in [0.2, 0.25) is 0 Å². The fraction of sp³-hybridized carbons (Fsp3) is 0.125. The van der Waals surface area contributed by atoms with Gasteiger partial charge in [-0.3, -0.25) is 0 Å². The molecule has 0 aliphatic rings. The van der Waals surface area contributed by atoms with Crippen LogP contribution in [0.4, 0.5) is 4.39 Å². The molecule has 2 heterocycles. The van der Waals surface area contributed by atoms with Gasteiger partial charge in [0.1, 0.15) is 0 Å². The number of aliphatic hydroxyl groups excluding tert-OH is 1. The van der Waals surface area contributed by atoms with E-state index in [0.29, 0.717) is 0 Å². The van der Waals surface area contributed by atoms with E-state index in [-0.39, 0.29) is 17.8 Å². The number of nitrogens with zero attached hydrogens (tertiary/aromatic N) is 2. The van der Waals surface area contributed by atoms with E-state index in [9.17, 15) is 4.39 Å². The number of aliphatic hydroxyl groups is 1. The summed E-state index contributed by atoms with van der Waals surface area (Å²) in [5.41, 5.74) is 0.523. The zero-order valence-electron chi connectivity index (χ0n) is 6.24. The molecule has 0 atom stereocenters. The molecular formula is C8H7FN2O. The predicted octanol–water partition coefficient (Wildman–Crippen LogP) is 0.966. The molecule has 0 aliphatic carbocycles. The first-order chi connectivity index (χ1) is 5.83. The normalized spacial score (nSPS) is 10.8. The lowest BCUT2D eigenvalue weighted by atomic mass is 10.2. The minimum absolute atomic E-state index is 0.251. The van der Waals surface area contributed by atoms with Crippen molar-refractivity contribution in [2.45, 2.75) is 6.61 Å². The highest BCUT2D eigenvalue weighted by molar-refractivity contribution is 5.43. The van der Waals surface area contributed by atoms with Crippen molar-refractivity contribution in [1.29, 1.82) is 0 Å². The van der Waals surface area contributed by atoms with E-state index in [1.165, 1.54) is 12.3 Å². The lowest BCUT2D eigenvalue weighted by Crippen LogP contribution is -1.94. The molecule has 1 N–H and O–H groups in total. The Balaban J connectivity index is 2.78. The zero-order chi connectivity index (χ0) is 8.55. The predicted molar refractivity (Wildman–Crippen MR) is 41.1 cm³/mol. The first-order valence-electron chi connectivity index (χ1n) is 3.54. The summed E-state index contributed by atoms with van der Waals surface area (Å²) in [5, 5.41) is 8.74. The highest BCUT2D eigenvalue weighted by Crippen LogP contribution is 2.12. The van der Waals surface area contributed by atoms with Gasteiger partial charge in [-0.1, -0.05) is 0 Å². The first-order valence-corrected chi connectivity index (χ1v) is 3.54. The van der Waals surface area contributed by atoms with Gasteiger partial charge >= 0.3 is 0 Å². The molecule has 0 saturated heterocycles. The molecule has 0 radical (unpaired) electrons. The van der Waals surface area contributed by atoms with Crippen molar-refractivity contribution in [3.8, 4) is 0 Å². The third-order valence-electron chi connectivity index (χ3n) is 1.75. The van der Waals surface area contributed by atoms with Crippen LogP contribution in [0.2, 0.25) is 0 Å². The summed E-state index contributed by atoms with van der Waals surface area (Å²) in [6, 6.07) is 1.53. The summed E-state index contributed by atoms with van der Waals surface area (Å²) >= 11 is 0. The number of hydrogen-bond acceptors (Lipinski definition) is 2. The lowest BCUT2D eigenvalue weighted by Gasteiger charge is -1.99. The van der Waals surface area contributed by atoms with Gasteiger partial charge < -0.3 is 9.51 Å². The third-order valence-corrected chi connectivity index (χ3v) is 1.75. The summed E-state index contributed by atoms with van der Waals surface area (Å²) in [5.74, 6) is -0.454. The van der Waals surface area contributed by atoms with Crippen molar-refractivity contribution in [2.75, 3.05) is 0 Å². The van der Waals surface area contributed by atoms with Gasteiger partial charge in [0.25, 0.3) is 0 Å². The number of fused-ring (bicyclic) bond motifs is 1. The zero-order valence-corrected chi connectivity index (χ0v) is 6.24. The molecule has 0 aliphatic heterocycles. The van der Waals surface area contributed by atoms with Crippen molar-refractivity contribution in [3.63, 3.8) is 0 Å². The highest BCUT2D eigenvalue weighted by Gasteiger charge is 2.06. The van der Waals surface area contributed by atoms with Crippen molar-refractivity contribution in [1.82, 2.24) is 9.38 Å². The van der Waals surface area contributed by atoms with Crippen LogP contribution in [0.1, 0.15) is 5.56 Å². The van der Waals surface area contributed by atoms with E-state index < -0.39 is 5.82 Å². The maximum atomic E-state index is 13.3. The molecule has 0 fully saturated rings. The van der Waals surface area contributed by atoms with Gasteiger partial charge in [0.15, 0.2) is 11.5 Å². The molecule has 62 valence electrons. The molecule has 2 rings (SSSR count). The van der Waals surface area contributed by atoms with Crippen molar-refractivity contribution in [2.24, 2.45) is 0 Å². The number of pyridine rings is 1. The summed E-state index contributed by atoms with van der Waals surface area (Å²) < 4.78 is 14.8. The Labute approximate surface area is 68.1 Å². The standard InChI is InChI=1S/C8H7FN2O/c9-7-6(5-12)1-3-11-4-2-10-8(7)11/h1-4,12H,5H2. The SMILES string of the molecule is OCc1ccn2ccnc2c1F. The Kier molecular flexibility index (Phi) is 1.55. The van der Waals surface area contributed by atoms with Gasteiger partial charge in [-0.2, -0.15) is 0 Å². The van der Waals surface area contributed by atoms with Crippen molar-refractivity contribution in [3.05, 3.63) is 36.0 Å². The van der Waals surface area contributed by atoms with Crippen LogP contribution >= 0.6 is 0 Å². The van der Waals surface area contributed by atoms with Gasteiger partial charge in [-0.25, -0.2) is 9.37 Å². The van der Waals surface area contributed by atoms with Gasteiger partial charge in [-0.15, -0.1) is 0 Å². The summed E-state index contributed by atoms with van der Waals surface area (Å²) in [6.45, 7) is -0.296. The maximum Gasteiger partial charge on any atom is 0.173 e. The molecule has 0 bridgehead atoms. The molecule has 0 unspecified atom stereocenters. The Bertz CT molecular complexity index is 410. The minimum atomic E-state index is -0.454. The monoisotopic (exact) mass is 166 g/mol. The topological polar surface area (TPSA) is 37.5 Å². The lowest BCUT2D eigenvalue weighted by molar-refractivity contribution is 0.276. The van der Waals surface area contributed by atoms with E-state index in [0.717, 1.165) is 0 Å². The van der Waals surface area contributed by atoms with Crippen molar-refractivity contribution < 1.29 is 9.50 Å². The first kappa shape index (κ1) is 7.24. The Morgan fingerprint density at radius 1 is 1.50 bits per heavy atom. The number of rotatable bonds is 1. The van der Waals surface area contributed by atoms with E-state index >= 15 is 0 Å². The summed E-state index contributed by atoms with van der Waals surface area (Å²) in [6.07, 6.45) is 4.83. The third kappa shape index (κ3) is 0.887. The fourth-order valence-electron chi connectivity index (χ4n) is 1.11. The van der Waals surface area contributed by atoms with Crippen LogP contribution in [0.5, 0.6) is 0 Å². The quantitative estimate of drug-likeness (QED) is 0.685. The smallest absolute Gasteiger partial charge is 0.173 e. The fourth-order valence-corrected chi connectivity index (χ4v) is 1.11. The van der Waals surface area contributed by atoms with Gasteiger partial charge in [0, 0.05) is 24.2 Å². The van der Waals surface area contributed by atoms with Crippen LogP contribution in [-0.2, 0) is 6.61 Å². The Morgan fingerprint density at radius 2 is 2.33 bits per heavy atom. The largest absolute Gasteiger partial charge is 0.392 e. The van der Waals surface area contributed by atoms with E-state index in [4.69, 9.17) is 5.11 Å². The molecule has 0 saturated carbocycles. The second-order valence-electron chi connectivity index (χ2n) is 2.47. The van der Waals surface area contributed by atoms with Crippen LogP contribution in [-0.4, -0.2) is 14.5 Å². The van der Waals surface area contributed by atoms with Crippen molar-refractivity contribution >= 4 is 5.65 Å². The van der Waals surface area contributed by atoms with Gasteiger partial charge in [-0.05, 0) is 6.07 Å². The average Bonchev–Trinajstić information content (AvgIpc) is 2.53. The Morgan fingerprint density at radius 3 is 3.08 bits per heavy atom. The van der Waals surface area contributed by atoms with E-state index in [1.807, 2.05) is 0 Å². The average molecular weight is 166 g/mol. The van der Waals surface area contributed by atoms with E-state index in [1.54, 1.807) is 16.8 Å². The molecule has 3 nitrogen and oxygen atoms in total. The summed E-state index contributed by atoms with van der Waals surface area (Å²) in [7, 11) is 0. The van der Waals surface area contributed by atoms with E-state index in [2.05, 4.69) is 4.98 Å². The summed E-state index contributed by atoms with van der Waals surface area (Å²) in [4.78, 5) is 3.80. The van der Waals surface area contributed by atoms with Crippen LogP contribution in [0.25, 0.3) is 5.65 Å². The molecule has 12 heavy (non-hydrogen) atoms. The molecule has 0 aromatic carbocycles.